The Bertz CT molecular complexity index is 1250. The first-order valence-corrected chi connectivity index (χ1v) is 11.0. The Morgan fingerprint density at radius 1 is 0.636 bits per heavy atom. The molecule has 5 nitrogen and oxygen atoms in total. The molecule has 2 aromatic carbocycles. The fourth-order valence-electron chi connectivity index (χ4n) is 4.08. The molecule has 5 rings (SSSR count). The van der Waals surface area contributed by atoms with Crippen LogP contribution >= 0.6 is 0 Å². The lowest BCUT2D eigenvalue weighted by Crippen LogP contribution is -2.26. The predicted octanol–water partition coefficient (Wildman–Crippen LogP) is 6.73. The first kappa shape index (κ1) is 21.0. The van der Waals surface area contributed by atoms with Crippen LogP contribution in [0.5, 0.6) is 28.9 Å². The minimum absolute atomic E-state index is 0.0763. The summed E-state index contributed by atoms with van der Waals surface area (Å²) >= 11 is 0. The van der Waals surface area contributed by atoms with Gasteiger partial charge in [-0.1, -0.05) is 44.2 Å². The van der Waals surface area contributed by atoms with Gasteiger partial charge in [-0.05, 0) is 61.9 Å². The predicted molar refractivity (Wildman–Crippen MR) is 127 cm³/mol. The Morgan fingerprint density at radius 3 is 1.97 bits per heavy atom. The van der Waals surface area contributed by atoms with E-state index in [0.29, 0.717) is 17.4 Å². The number of benzene rings is 2. The summed E-state index contributed by atoms with van der Waals surface area (Å²) < 4.78 is 12.0. The van der Waals surface area contributed by atoms with Crippen molar-refractivity contribution in [2.45, 2.75) is 38.5 Å². The van der Waals surface area contributed by atoms with Crippen LogP contribution < -0.4 is 9.47 Å². The number of para-hydroxylation sites is 1. The zero-order chi connectivity index (χ0) is 23.2. The normalized spacial score (nSPS) is 15.8. The van der Waals surface area contributed by atoms with Crippen LogP contribution in [0.2, 0.25) is 0 Å². The van der Waals surface area contributed by atoms with E-state index in [2.05, 4.69) is 39.8 Å². The van der Waals surface area contributed by atoms with Gasteiger partial charge >= 0.3 is 0 Å². The summed E-state index contributed by atoms with van der Waals surface area (Å²) in [6, 6.07) is 24.8. The number of fused-ring (bicyclic) bond motifs is 8. The zero-order valence-corrected chi connectivity index (χ0v) is 19.2. The molecule has 0 saturated carbocycles. The first-order valence-electron chi connectivity index (χ1n) is 11.0. The Hall–Kier alpha value is -3.86. The lowest BCUT2D eigenvalue weighted by Gasteiger charge is -2.29. The van der Waals surface area contributed by atoms with Crippen LogP contribution in [0.3, 0.4) is 0 Å². The SMILES string of the molecule is CC1(C)c2cccc(c2)Oc2cccc(c2O)Oc2cccc(n2)C(C)(C)c2cccc1n2. The first-order chi connectivity index (χ1) is 15.7. The Morgan fingerprint density at radius 2 is 1.21 bits per heavy atom. The second kappa shape index (κ2) is 7.62. The summed E-state index contributed by atoms with van der Waals surface area (Å²) in [7, 11) is 0. The quantitative estimate of drug-likeness (QED) is 0.330. The number of hydrogen-bond donors (Lipinski definition) is 1. The molecule has 2 aromatic heterocycles. The molecular formula is C28H26N2O3. The fraction of sp³-hybridized carbons (Fsp3) is 0.214. The maximum Gasteiger partial charge on any atom is 0.219 e. The van der Waals surface area contributed by atoms with Gasteiger partial charge in [-0.2, -0.15) is 0 Å². The van der Waals surface area contributed by atoms with Crippen molar-refractivity contribution >= 4 is 0 Å². The van der Waals surface area contributed by atoms with E-state index < -0.39 is 5.41 Å². The molecule has 3 heterocycles. The van der Waals surface area contributed by atoms with Crippen LogP contribution in [-0.4, -0.2) is 15.1 Å². The summed E-state index contributed by atoms with van der Waals surface area (Å²) in [5, 5.41) is 10.8. The molecule has 1 aliphatic rings. The molecule has 4 aromatic rings. The number of hydrogen-bond acceptors (Lipinski definition) is 5. The zero-order valence-electron chi connectivity index (χ0n) is 19.2. The van der Waals surface area contributed by atoms with Crippen molar-refractivity contribution in [3.05, 3.63) is 102 Å². The number of nitrogens with zero attached hydrogens (tertiary/aromatic N) is 2. The molecule has 166 valence electrons. The molecule has 8 bridgehead atoms. The van der Waals surface area contributed by atoms with Gasteiger partial charge in [0.15, 0.2) is 11.5 Å². The molecule has 0 fully saturated rings. The van der Waals surface area contributed by atoms with Crippen LogP contribution in [-0.2, 0) is 10.8 Å². The molecule has 1 aliphatic heterocycles. The highest BCUT2D eigenvalue weighted by Gasteiger charge is 2.31. The summed E-state index contributed by atoms with van der Waals surface area (Å²) in [5.74, 6) is 1.52. The standard InChI is InChI=1S/C28H26N2O3/c1-27(2)18-9-5-10-19(17-18)32-20-11-6-12-21(26(20)31)33-25-16-8-15-24(30-25)28(3,4)23-14-7-13-22(27)29-23/h5-17,31H,1-4H3. The molecule has 33 heavy (non-hydrogen) atoms. The smallest absolute Gasteiger partial charge is 0.219 e. The van der Waals surface area contributed by atoms with Gasteiger partial charge in [-0.25, -0.2) is 4.98 Å². The van der Waals surface area contributed by atoms with Gasteiger partial charge in [-0.15, -0.1) is 0 Å². The van der Waals surface area contributed by atoms with E-state index >= 15 is 0 Å². The van der Waals surface area contributed by atoms with Crippen LogP contribution in [0.1, 0.15) is 50.3 Å². The maximum absolute atomic E-state index is 10.8. The number of phenolic OH excluding ortho intramolecular Hbond substituents is 1. The molecule has 5 heteroatoms. The van der Waals surface area contributed by atoms with Gasteiger partial charge in [0.2, 0.25) is 11.6 Å². The Kier molecular flexibility index (Phi) is 4.85. The number of rotatable bonds is 0. The van der Waals surface area contributed by atoms with Gasteiger partial charge in [0, 0.05) is 16.9 Å². The third-order valence-electron chi connectivity index (χ3n) is 6.35. The van der Waals surface area contributed by atoms with E-state index in [1.165, 1.54) is 0 Å². The van der Waals surface area contributed by atoms with Crippen LogP contribution in [0.4, 0.5) is 0 Å². The molecular weight excluding hydrogens is 412 g/mol. The van der Waals surface area contributed by atoms with Gasteiger partial charge in [0.1, 0.15) is 5.75 Å². The molecule has 0 amide bonds. The highest BCUT2D eigenvalue weighted by Crippen LogP contribution is 2.42. The minimum Gasteiger partial charge on any atom is -0.502 e. The second-order valence-corrected chi connectivity index (χ2v) is 9.35. The van der Waals surface area contributed by atoms with Crippen molar-refractivity contribution in [3.63, 3.8) is 0 Å². The van der Waals surface area contributed by atoms with Crippen molar-refractivity contribution in [3.8, 4) is 28.9 Å². The van der Waals surface area contributed by atoms with Gasteiger partial charge in [0.25, 0.3) is 0 Å². The van der Waals surface area contributed by atoms with Crippen LogP contribution in [0.25, 0.3) is 0 Å². The van der Waals surface area contributed by atoms with Crippen molar-refractivity contribution in [2.24, 2.45) is 0 Å². The Labute approximate surface area is 193 Å². The van der Waals surface area contributed by atoms with E-state index in [9.17, 15) is 5.11 Å². The lowest BCUT2D eigenvalue weighted by atomic mass is 9.79. The van der Waals surface area contributed by atoms with E-state index in [-0.39, 0.29) is 16.9 Å². The van der Waals surface area contributed by atoms with E-state index in [0.717, 1.165) is 22.6 Å². The van der Waals surface area contributed by atoms with E-state index in [1.807, 2.05) is 42.5 Å². The van der Waals surface area contributed by atoms with E-state index in [1.54, 1.807) is 24.3 Å². The molecule has 0 atom stereocenters. The molecule has 0 spiro atoms. The highest BCUT2D eigenvalue weighted by molar-refractivity contribution is 5.53. The average molecular weight is 439 g/mol. The third-order valence-corrected chi connectivity index (χ3v) is 6.35. The maximum atomic E-state index is 10.8. The summed E-state index contributed by atoms with van der Waals surface area (Å²) in [6.45, 7) is 8.51. The minimum atomic E-state index is -0.461. The third kappa shape index (κ3) is 3.69. The molecule has 0 aliphatic carbocycles. The summed E-state index contributed by atoms with van der Waals surface area (Å²) in [6.07, 6.45) is 0. The molecule has 0 unspecified atom stereocenters. The number of ether oxygens (including phenoxy) is 2. The van der Waals surface area contributed by atoms with Crippen molar-refractivity contribution < 1.29 is 14.6 Å². The number of aromatic nitrogens is 2. The molecule has 0 saturated heterocycles. The number of pyridine rings is 2. The van der Waals surface area contributed by atoms with Gasteiger partial charge < -0.3 is 14.6 Å². The van der Waals surface area contributed by atoms with Gasteiger partial charge in [-0.3, -0.25) is 4.98 Å². The second-order valence-electron chi connectivity index (χ2n) is 9.35. The monoisotopic (exact) mass is 438 g/mol. The topological polar surface area (TPSA) is 64.5 Å². The van der Waals surface area contributed by atoms with Crippen molar-refractivity contribution in [1.82, 2.24) is 9.97 Å². The Balaban J connectivity index is 1.75. The fourth-order valence-corrected chi connectivity index (χ4v) is 4.08. The molecule has 1 N–H and O–H groups in total. The van der Waals surface area contributed by atoms with Crippen molar-refractivity contribution in [1.29, 1.82) is 0 Å². The number of aromatic hydroxyl groups is 1. The van der Waals surface area contributed by atoms with Crippen LogP contribution in [0.15, 0.2) is 78.9 Å². The molecule has 0 radical (unpaired) electrons. The van der Waals surface area contributed by atoms with E-state index in [4.69, 9.17) is 19.4 Å². The van der Waals surface area contributed by atoms with Crippen LogP contribution in [0, 0.1) is 0 Å². The lowest BCUT2D eigenvalue weighted by molar-refractivity contribution is 0.371. The average Bonchev–Trinajstić information content (AvgIpc) is 2.82. The highest BCUT2D eigenvalue weighted by atomic mass is 16.5. The van der Waals surface area contributed by atoms with Crippen molar-refractivity contribution in [2.75, 3.05) is 0 Å². The largest absolute Gasteiger partial charge is 0.502 e. The summed E-state index contributed by atoms with van der Waals surface area (Å²) in [5.41, 5.74) is 2.92. The van der Waals surface area contributed by atoms with Gasteiger partial charge in [0.05, 0.1) is 17.1 Å². The summed E-state index contributed by atoms with van der Waals surface area (Å²) in [4.78, 5) is 9.84. The number of phenols is 1.